The lowest BCUT2D eigenvalue weighted by Gasteiger charge is -2.21. The number of halogens is 1. The Kier molecular flexibility index (Phi) is 8.09. The quantitative estimate of drug-likeness (QED) is 0.603. The lowest BCUT2D eigenvalue weighted by Crippen LogP contribution is -2.53. The van der Waals surface area contributed by atoms with Crippen LogP contribution in [0.3, 0.4) is 0 Å². The SMILES string of the molecule is CC(=O)N[C@@H](Cc1cccc(F)c1)C(=O)N[C@@H](C/C=C/c1ccccc1)C(N)=O. The number of nitrogens with one attached hydrogen (secondary N) is 2. The van der Waals surface area contributed by atoms with Crippen LogP contribution in [0, 0.1) is 5.82 Å². The zero-order valence-corrected chi connectivity index (χ0v) is 16.1. The highest BCUT2D eigenvalue weighted by molar-refractivity contribution is 5.91. The summed E-state index contributed by atoms with van der Waals surface area (Å²) in [5, 5.41) is 5.10. The molecule has 2 rings (SSSR count). The lowest BCUT2D eigenvalue weighted by atomic mass is 10.0. The number of amides is 3. The van der Waals surface area contributed by atoms with E-state index in [0.717, 1.165) is 5.56 Å². The summed E-state index contributed by atoms with van der Waals surface area (Å²) in [4.78, 5) is 35.9. The number of carbonyl (C=O) groups excluding carboxylic acids is 3. The highest BCUT2D eigenvalue weighted by Gasteiger charge is 2.24. The highest BCUT2D eigenvalue weighted by atomic mass is 19.1. The van der Waals surface area contributed by atoms with Crippen LogP contribution < -0.4 is 16.4 Å². The fourth-order valence-corrected chi connectivity index (χ4v) is 2.78. The molecule has 2 aromatic rings. The third-order valence-electron chi connectivity index (χ3n) is 4.16. The molecule has 0 spiro atoms. The number of primary amides is 1. The largest absolute Gasteiger partial charge is 0.368 e. The van der Waals surface area contributed by atoms with Gasteiger partial charge in [0.05, 0.1) is 0 Å². The Morgan fingerprint density at radius 3 is 2.38 bits per heavy atom. The first-order valence-corrected chi connectivity index (χ1v) is 9.18. The number of rotatable bonds is 9. The van der Waals surface area contributed by atoms with Crippen molar-refractivity contribution in [2.24, 2.45) is 5.73 Å². The van der Waals surface area contributed by atoms with Gasteiger partial charge in [-0.2, -0.15) is 0 Å². The third kappa shape index (κ3) is 7.57. The van der Waals surface area contributed by atoms with Crippen molar-refractivity contribution in [1.82, 2.24) is 10.6 Å². The maximum Gasteiger partial charge on any atom is 0.243 e. The van der Waals surface area contributed by atoms with Crippen molar-refractivity contribution in [2.45, 2.75) is 31.8 Å². The molecule has 2 aromatic carbocycles. The van der Waals surface area contributed by atoms with E-state index in [0.29, 0.717) is 5.56 Å². The second-order valence-electron chi connectivity index (χ2n) is 6.60. The Labute approximate surface area is 169 Å². The van der Waals surface area contributed by atoms with Crippen molar-refractivity contribution >= 4 is 23.8 Å². The van der Waals surface area contributed by atoms with Crippen molar-refractivity contribution in [3.8, 4) is 0 Å². The molecule has 0 aliphatic rings. The summed E-state index contributed by atoms with van der Waals surface area (Å²) in [7, 11) is 0. The van der Waals surface area contributed by atoms with E-state index in [9.17, 15) is 18.8 Å². The van der Waals surface area contributed by atoms with Crippen LogP contribution in [0.25, 0.3) is 6.08 Å². The summed E-state index contributed by atoms with van der Waals surface area (Å²) in [6.07, 6.45) is 3.84. The van der Waals surface area contributed by atoms with Gasteiger partial charge in [0.15, 0.2) is 0 Å². The van der Waals surface area contributed by atoms with Crippen LogP contribution >= 0.6 is 0 Å². The van der Waals surface area contributed by atoms with E-state index in [-0.39, 0.29) is 12.8 Å². The van der Waals surface area contributed by atoms with Crippen molar-refractivity contribution in [3.05, 3.63) is 77.6 Å². The fourth-order valence-electron chi connectivity index (χ4n) is 2.78. The molecule has 0 saturated carbocycles. The summed E-state index contributed by atoms with van der Waals surface area (Å²) in [5.41, 5.74) is 6.90. The smallest absolute Gasteiger partial charge is 0.243 e. The van der Waals surface area contributed by atoms with Gasteiger partial charge >= 0.3 is 0 Å². The Morgan fingerprint density at radius 2 is 1.76 bits per heavy atom. The molecular formula is C22H24FN3O3. The van der Waals surface area contributed by atoms with Gasteiger partial charge in [-0.1, -0.05) is 54.6 Å². The van der Waals surface area contributed by atoms with Gasteiger partial charge in [-0.3, -0.25) is 14.4 Å². The van der Waals surface area contributed by atoms with E-state index in [1.54, 1.807) is 12.1 Å². The monoisotopic (exact) mass is 397 g/mol. The minimum Gasteiger partial charge on any atom is -0.368 e. The second kappa shape index (κ2) is 10.8. The summed E-state index contributed by atoms with van der Waals surface area (Å²) in [5.74, 6) is -2.11. The summed E-state index contributed by atoms with van der Waals surface area (Å²) < 4.78 is 13.4. The predicted molar refractivity (Wildman–Crippen MR) is 109 cm³/mol. The molecule has 152 valence electrons. The van der Waals surface area contributed by atoms with Crippen molar-refractivity contribution in [1.29, 1.82) is 0 Å². The number of nitrogens with two attached hydrogens (primary N) is 1. The number of hydrogen-bond acceptors (Lipinski definition) is 3. The standard InChI is InChI=1S/C22H24FN3O3/c1-15(27)25-20(14-17-10-5-11-18(23)13-17)22(29)26-19(21(24)28)12-6-9-16-7-3-2-4-8-16/h2-11,13,19-20H,12,14H2,1H3,(H2,24,28)(H,25,27)(H,26,29)/b9-6+/t19-,20-/m0/s1. The number of hydrogen-bond donors (Lipinski definition) is 3. The van der Waals surface area contributed by atoms with Crippen LogP contribution in [0.4, 0.5) is 4.39 Å². The van der Waals surface area contributed by atoms with Crippen molar-refractivity contribution in [3.63, 3.8) is 0 Å². The Balaban J connectivity index is 2.06. The molecule has 29 heavy (non-hydrogen) atoms. The van der Waals surface area contributed by atoms with E-state index in [1.807, 2.05) is 36.4 Å². The predicted octanol–water partition coefficient (Wildman–Crippen LogP) is 1.95. The summed E-state index contributed by atoms with van der Waals surface area (Å²) in [6, 6.07) is 13.3. The zero-order valence-electron chi connectivity index (χ0n) is 16.1. The maximum absolute atomic E-state index is 13.4. The molecule has 7 heteroatoms. The van der Waals surface area contributed by atoms with Crippen LogP contribution in [0.15, 0.2) is 60.7 Å². The topological polar surface area (TPSA) is 101 Å². The molecule has 0 radical (unpaired) electrons. The van der Waals surface area contributed by atoms with E-state index in [2.05, 4.69) is 10.6 Å². The third-order valence-corrected chi connectivity index (χ3v) is 4.16. The molecule has 4 N–H and O–H groups in total. The highest BCUT2D eigenvalue weighted by Crippen LogP contribution is 2.08. The van der Waals surface area contributed by atoms with Gasteiger partial charge in [-0.15, -0.1) is 0 Å². The van der Waals surface area contributed by atoms with Crippen molar-refractivity contribution in [2.75, 3.05) is 0 Å². The molecule has 6 nitrogen and oxygen atoms in total. The van der Waals surface area contributed by atoms with Crippen LogP contribution in [-0.2, 0) is 20.8 Å². The van der Waals surface area contributed by atoms with E-state index < -0.39 is 35.6 Å². The first-order valence-electron chi connectivity index (χ1n) is 9.18. The van der Waals surface area contributed by atoms with Crippen LogP contribution in [0.2, 0.25) is 0 Å². The molecule has 0 aromatic heterocycles. The van der Waals surface area contributed by atoms with Gasteiger partial charge < -0.3 is 16.4 Å². The van der Waals surface area contributed by atoms with Gasteiger partial charge in [0, 0.05) is 13.3 Å². The molecule has 0 bridgehead atoms. The molecule has 0 saturated heterocycles. The van der Waals surface area contributed by atoms with Gasteiger partial charge in [-0.25, -0.2) is 4.39 Å². The average molecular weight is 397 g/mol. The number of benzene rings is 2. The molecule has 0 fully saturated rings. The zero-order chi connectivity index (χ0) is 21.2. The molecule has 3 amide bonds. The number of carbonyl (C=O) groups is 3. The van der Waals surface area contributed by atoms with E-state index >= 15 is 0 Å². The van der Waals surface area contributed by atoms with E-state index in [1.165, 1.54) is 25.1 Å². The molecule has 0 unspecified atom stereocenters. The average Bonchev–Trinajstić information content (AvgIpc) is 2.67. The van der Waals surface area contributed by atoms with Gasteiger partial charge in [-0.05, 0) is 29.7 Å². The Morgan fingerprint density at radius 1 is 1.03 bits per heavy atom. The molecule has 0 heterocycles. The molecule has 0 aliphatic carbocycles. The minimum atomic E-state index is -0.964. The first-order chi connectivity index (χ1) is 13.8. The van der Waals surface area contributed by atoms with E-state index in [4.69, 9.17) is 5.73 Å². The second-order valence-corrected chi connectivity index (χ2v) is 6.60. The van der Waals surface area contributed by atoms with Crippen molar-refractivity contribution < 1.29 is 18.8 Å². The molecule has 2 atom stereocenters. The molecule has 0 aliphatic heterocycles. The van der Waals surface area contributed by atoms with Gasteiger partial charge in [0.2, 0.25) is 17.7 Å². The van der Waals surface area contributed by atoms with Crippen LogP contribution in [-0.4, -0.2) is 29.8 Å². The van der Waals surface area contributed by atoms with Gasteiger partial charge in [0.1, 0.15) is 17.9 Å². The minimum absolute atomic E-state index is 0.0779. The summed E-state index contributed by atoms with van der Waals surface area (Å²) in [6.45, 7) is 1.28. The summed E-state index contributed by atoms with van der Waals surface area (Å²) >= 11 is 0. The first kappa shape index (κ1) is 21.8. The van der Waals surface area contributed by atoms with Gasteiger partial charge in [0.25, 0.3) is 0 Å². The normalized spacial score (nSPS) is 12.9. The molecular weight excluding hydrogens is 373 g/mol. The van der Waals surface area contributed by atoms with Crippen LogP contribution in [0.5, 0.6) is 0 Å². The lowest BCUT2D eigenvalue weighted by molar-refractivity contribution is -0.130. The van der Waals surface area contributed by atoms with Crippen LogP contribution in [0.1, 0.15) is 24.5 Å². The Bertz CT molecular complexity index is 884. The fraction of sp³-hybridized carbons (Fsp3) is 0.227. The Hall–Kier alpha value is -3.48. The maximum atomic E-state index is 13.4.